The molecule has 0 amide bonds. The average molecular weight is 252 g/mol. The van der Waals surface area contributed by atoms with Gasteiger partial charge in [0, 0.05) is 0 Å². The Labute approximate surface area is 92.6 Å². The Balaban J connectivity index is 2.73. The third kappa shape index (κ3) is 4.13. The molecule has 2 heteroatoms. The van der Waals surface area contributed by atoms with Gasteiger partial charge in [-0.05, 0) is 0 Å². The van der Waals surface area contributed by atoms with Gasteiger partial charge in [0.25, 0.3) is 0 Å². The Hall–Kier alpha value is -0.522. The summed E-state index contributed by atoms with van der Waals surface area (Å²) in [5, 5.41) is 8.80. The Morgan fingerprint density at radius 2 is 2.00 bits per heavy atom. The van der Waals surface area contributed by atoms with Crippen LogP contribution in [0.3, 0.4) is 0 Å². The number of hydrogen-bond acceptors (Lipinski definition) is 1. The van der Waals surface area contributed by atoms with E-state index in [-0.39, 0.29) is 22.4 Å². The topological polar surface area (TPSA) is 20.2 Å². The summed E-state index contributed by atoms with van der Waals surface area (Å²) >= 11 is -0.0851. The number of rotatable bonds is 3. The van der Waals surface area contributed by atoms with Crippen molar-refractivity contribution in [3.63, 3.8) is 0 Å². The third-order valence-corrected chi connectivity index (χ3v) is 4.45. The van der Waals surface area contributed by atoms with Crippen molar-refractivity contribution in [2.75, 3.05) is 6.61 Å². The number of hydrogen-bond donors (Lipinski definition) is 1. The van der Waals surface area contributed by atoms with Gasteiger partial charge in [-0.25, -0.2) is 0 Å². The van der Waals surface area contributed by atoms with Gasteiger partial charge in [-0.1, -0.05) is 0 Å². The number of aliphatic hydroxyl groups excluding tert-OH is 1. The fourth-order valence-electron chi connectivity index (χ4n) is 1.29. The fourth-order valence-corrected chi connectivity index (χ4v) is 3.07. The fraction of sp³-hybridized carbons (Fsp3) is 0.333. The first-order valence-corrected chi connectivity index (χ1v) is 7.17. The molecule has 0 bridgehead atoms. The Kier molecular flexibility index (Phi) is 5.66. The van der Waals surface area contributed by atoms with E-state index in [0.717, 1.165) is 12.8 Å². The van der Waals surface area contributed by atoms with Crippen LogP contribution in [-0.4, -0.2) is 27.5 Å². The van der Waals surface area contributed by atoms with E-state index in [9.17, 15) is 0 Å². The zero-order valence-electron chi connectivity index (χ0n) is 8.53. The third-order valence-electron chi connectivity index (χ3n) is 2.11. The van der Waals surface area contributed by atoms with Gasteiger partial charge in [-0.15, -0.1) is 0 Å². The molecule has 0 aromatic rings. The maximum atomic E-state index is 8.80. The van der Waals surface area contributed by atoms with Crippen molar-refractivity contribution in [2.24, 2.45) is 0 Å². The summed E-state index contributed by atoms with van der Waals surface area (Å²) in [6.45, 7) is 2.50. The van der Waals surface area contributed by atoms with Crippen LogP contribution in [0.25, 0.3) is 0 Å². The molecule has 1 rings (SSSR count). The summed E-state index contributed by atoms with van der Waals surface area (Å²) in [5.41, 5.74) is 1.41. The van der Waals surface area contributed by atoms with Crippen molar-refractivity contribution in [3.8, 4) is 0 Å². The molecule has 1 aliphatic rings. The van der Waals surface area contributed by atoms with Gasteiger partial charge in [-0.3, -0.25) is 0 Å². The molecule has 1 nitrogen and oxygen atoms in total. The van der Waals surface area contributed by atoms with E-state index in [1.165, 1.54) is 9.93 Å². The SMILES string of the molecule is CC1=C(CCCO)C=CC=CC=C[AsH]1. The molecule has 0 aliphatic carbocycles. The zero-order valence-corrected chi connectivity index (χ0v) is 10.6. The molecule has 0 saturated carbocycles. The summed E-state index contributed by atoms with van der Waals surface area (Å²) in [4.78, 5) is 2.29. The van der Waals surface area contributed by atoms with Gasteiger partial charge in [0.15, 0.2) is 0 Å². The van der Waals surface area contributed by atoms with Crippen LogP contribution in [-0.2, 0) is 0 Å². The molecular weight excluding hydrogens is 235 g/mol. The minimum atomic E-state index is -0.0851. The molecule has 1 atom stereocenters. The van der Waals surface area contributed by atoms with Crippen LogP contribution in [0.15, 0.2) is 45.2 Å². The quantitative estimate of drug-likeness (QED) is 0.763. The first kappa shape index (κ1) is 11.6. The molecule has 76 valence electrons. The van der Waals surface area contributed by atoms with E-state index in [4.69, 9.17) is 5.11 Å². The monoisotopic (exact) mass is 252 g/mol. The predicted octanol–water partition coefficient (Wildman–Crippen LogP) is 2.11. The summed E-state index contributed by atoms with van der Waals surface area (Å²) in [7, 11) is 0. The van der Waals surface area contributed by atoms with Crippen molar-refractivity contribution >= 4 is 15.8 Å². The van der Waals surface area contributed by atoms with Crippen LogP contribution in [0.2, 0.25) is 0 Å². The van der Waals surface area contributed by atoms with Gasteiger partial charge in [-0.2, -0.15) is 0 Å². The van der Waals surface area contributed by atoms with Crippen molar-refractivity contribution in [2.45, 2.75) is 19.8 Å². The molecule has 1 aliphatic heterocycles. The predicted molar refractivity (Wildman–Crippen MR) is 63.6 cm³/mol. The van der Waals surface area contributed by atoms with Crippen LogP contribution in [0.1, 0.15) is 19.8 Å². The van der Waals surface area contributed by atoms with E-state index < -0.39 is 0 Å². The van der Waals surface area contributed by atoms with E-state index in [1.807, 2.05) is 0 Å². The molecule has 0 radical (unpaired) electrons. The zero-order chi connectivity index (χ0) is 10.2. The first-order chi connectivity index (χ1) is 6.84. The second-order valence-corrected chi connectivity index (χ2v) is 6.10. The number of allylic oxidation sites excluding steroid dienone is 7. The van der Waals surface area contributed by atoms with E-state index in [0.29, 0.717) is 0 Å². The Morgan fingerprint density at radius 1 is 1.21 bits per heavy atom. The standard InChI is InChI=1S/C12H17AsO/c1-11-12(8-6-10-14)7-4-2-3-5-9-13-11/h2-5,7,9,13-14H,6,8,10H2,1H3. The molecule has 14 heavy (non-hydrogen) atoms. The van der Waals surface area contributed by atoms with E-state index >= 15 is 0 Å². The Bertz CT molecular complexity index is 285. The van der Waals surface area contributed by atoms with Crippen LogP contribution in [0, 0.1) is 0 Å². The van der Waals surface area contributed by atoms with Gasteiger partial charge in [0.05, 0.1) is 0 Å². The van der Waals surface area contributed by atoms with Crippen molar-refractivity contribution in [1.29, 1.82) is 0 Å². The Morgan fingerprint density at radius 3 is 2.79 bits per heavy atom. The molecule has 1 N–H and O–H groups in total. The molecule has 0 aromatic heterocycles. The first-order valence-electron chi connectivity index (χ1n) is 4.91. The van der Waals surface area contributed by atoms with Crippen LogP contribution < -0.4 is 0 Å². The summed E-state index contributed by atoms with van der Waals surface area (Å²) in [5.74, 6) is 0. The van der Waals surface area contributed by atoms with E-state index in [1.54, 1.807) is 0 Å². The summed E-state index contributed by atoms with van der Waals surface area (Å²) in [6, 6.07) is 0. The van der Waals surface area contributed by atoms with E-state index in [2.05, 4.69) is 42.2 Å². The van der Waals surface area contributed by atoms with Crippen LogP contribution >= 0.6 is 0 Å². The summed E-state index contributed by atoms with van der Waals surface area (Å²) in [6.07, 6.45) is 12.4. The van der Waals surface area contributed by atoms with Crippen molar-refractivity contribution in [3.05, 3.63) is 45.2 Å². The van der Waals surface area contributed by atoms with Gasteiger partial charge in [0.1, 0.15) is 0 Å². The average Bonchev–Trinajstić information content (AvgIpc) is 2.28. The molecule has 1 heterocycles. The summed E-state index contributed by atoms with van der Waals surface area (Å²) < 4.78 is 1.52. The molecule has 0 saturated heterocycles. The second kappa shape index (κ2) is 6.86. The normalized spacial score (nSPS) is 18.4. The van der Waals surface area contributed by atoms with Crippen molar-refractivity contribution in [1.82, 2.24) is 0 Å². The molecule has 1 unspecified atom stereocenters. The van der Waals surface area contributed by atoms with Crippen LogP contribution in [0.5, 0.6) is 0 Å². The van der Waals surface area contributed by atoms with Gasteiger partial charge in [0.2, 0.25) is 0 Å². The molecule has 0 spiro atoms. The van der Waals surface area contributed by atoms with Gasteiger partial charge < -0.3 is 0 Å². The molecule has 0 aromatic carbocycles. The molecular formula is C12H17AsO. The van der Waals surface area contributed by atoms with Gasteiger partial charge >= 0.3 is 92.4 Å². The van der Waals surface area contributed by atoms with Crippen molar-refractivity contribution < 1.29 is 5.11 Å². The minimum absolute atomic E-state index is 0.0851. The number of aliphatic hydroxyl groups is 1. The second-order valence-electron chi connectivity index (χ2n) is 3.22. The van der Waals surface area contributed by atoms with Crippen LogP contribution in [0.4, 0.5) is 0 Å². The molecule has 0 fully saturated rings. The maximum absolute atomic E-state index is 8.80.